The molecule has 12 heteroatoms. The highest BCUT2D eigenvalue weighted by molar-refractivity contribution is 6.14. The summed E-state index contributed by atoms with van der Waals surface area (Å²) < 4.78 is 42.1. The molecule has 4 heterocycles. The zero-order valence-corrected chi connectivity index (χ0v) is 18.7. The molecule has 0 bridgehead atoms. The van der Waals surface area contributed by atoms with E-state index in [1.807, 2.05) is 0 Å². The molecule has 0 radical (unpaired) electrons. The van der Waals surface area contributed by atoms with E-state index in [1.165, 1.54) is 0 Å². The van der Waals surface area contributed by atoms with Gasteiger partial charge in [-0.15, -0.1) is 0 Å². The van der Waals surface area contributed by atoms with Crippen molar-refractivity contribution < 1.29 is 57.1 Å². The Labute approximate surface area is 195 Å². The third-order valence-corrected chi connectivity index (χ3v) is 6.69. The number of hydrogen-bond donors (Lipinski definition) is 0. The van der Waals surface area contributed by atoms with Crippen molar-refractivity contribution in [2.75, 3.05) is 52.9 Å². The van der Waals surface area contributed by atoms with Gasteiger partial charge >= 0.3 is 23.9 Å². The maximum absolute atomic E-state index is 13.6. The van der Waals surface area contributed by atoms with Crippen LogP contribution in [0.2, 0.25) is 0 Å². The summed E-state index contributed by atoms with van der Waals surface area (Å²) in [4.78, 5) is 54.4. The van der Waals surface area contributed by atoms with Gasteiger partial charge in [-0.1, -0.05) is 12.8 Å². The zero-order chi connectivity index (χ0) is 23.8. The van der Waals surface area contributed by atoms with E-state index in [-0.39, 0.29) is 63.7 Å². The van der Waals surface area contributed by atoms with Gasteiger partial charge in [0.05, 0.1) is 26.4 Å². The molecular formula is C22H28O12. The summed E-state index contributed by atoms with van der Waals surface area (Å²) in [6, 6.07) is 0. The Morgan fingerprint density at radius 3 is 0.971 bits per heavy atom. The van der Waals surface area contributed by atoms with Crippen molar-refractivity contribution in [2.45, 2.75) is 50.1 Å². The number of rotatable bonds is 12. The summed E-state index contributed by atoms with van der Waals surface area (Å²) in [7, 11) is 0. The van der Waals surface area contributed by atoms with Crippen molar-refractivity contribution in [2.24, 2.45) is 10.8 Å². The molecule has 188 valence electrons. The smallest absolute Gasteiger partial charge is 0.325 e. The normalized spacial score (nSPS) is 37.2. The molecule has 5 aliphatic rings. The van der Waals surface area contributed by atoms with E-state index in [1.54, 1.807) is 0 Å². The lowest BCUT2D eigenvalue weighted by Gasteiger charge is -2.45. The monoisotopic (exact) mass is 484 g/mol. The molecular weight excluding hydrogens is 456 g/mol. The number of esters is 4. The first-order chi connectivity index (χ1) is 16.5. The Bertz CT molecular complexity index is 700. The van der Waals surface area contributed by atoms with Gasteiger partial charge < -0.3 is 37.9 Å². The number of hydrogen-bond acceptors (Lipinski definition) is 12. The maximum Gasteiger partial charge on any atom is 0.325 e. The van der Waals surface area contributed by atoms with Gasteiger partial charge in [-0.25, -0.2) is 0 Å². The van der Waals surface area contributed by atoms with Crippen LogP contribution in [0.3, 0.4) is 0 Å². The molecule has 4 atom stereocenters. The quantitative estimate of drug-likeness (QED) is 0.149. The first-order valence-corrected chi connectivity index (χ1v) is 11.6. The van der Waals surface area contributed by atoms with Gasteiger partial charge in [-0.3, -0.25) is 19.2 Å². The average Bonchev–Trinajstić information content (AvgIpc) is 3.65. The topological polar surface area (TPSA) is 155 Å². The third kappa shape index (κ3) is 4.77. The SMILES string of the molecule is O=C(OCC1CO1)C1(C(=O)OCC2CO2)CCCCC1(C(=O)OCC1CO1)C(=O)OCC1CO1. The summed E-state index contributed by atoms with van der Waals surface area (Å²) in [6.45, 7) is 1.25. The predicted octanol–water partition coefficient (Wildman–Crippen LogP) is -0.699. The molecule has 0 aromatic carbocycles. The number of epoxide rings is 4. The molecule has 5 fully saturated rings. The summed E-state index contributed by atoms with van der Waals surface area (Å²) >= 11 is 0. The molecule has 4 saturated heterocycles. The van der Waals surface area contributed by atoms with Crippen molar-refractivity contribution in [1.82, 2.24) is 0 Å². The molecule has 1 saturated carbocycles. The largest absolute Gasteiger partial charge is 0.462 e. The number of carbonyl (C=O) groups excluding carboxylic acids is 4. The molecule has 0 spiro atoms. The third-order valence-electron chi connectivity index (χ3n) is 6.69. The first-order valence-electron chi connectivity index (χ1n) is 11.6. The van der Waals surface area contributed by atoms with Crippen LogP contribution in [0.1, 0.15) is 25.7 Å². The standard InChI is InChI=1S/C22H28O12/c23-17(31-9-13-5-27-13)21(18(24)32-10-14-6-28-14)3-1-2-4-22(21,19(25)33-11-15-7-29-15)20(26)34-12-16-8-30-16/h13-16H,1-12H2. The molecule has 4 unspecified atom stereocenters. The van der Waals surface area contributed by atoms with Crippen LogP contribution < -0.4 is 0 Å². The summed E-state index contributed by atoms with van der Waals surface area (Å²) in [5.74, 6) is -4.10. The Morgan fingerprint density at radius 2 is 0.765 bits per heavy atom. The highest BCUT2D eigenvalue weighted by atomic mass is 16.6. The highest BCUT2D eigenvalue weighted by Crippen LogP contribution is 2.54. The van der Waals surface area contributed by atoms with E-state index >= 15 is 0 Å². The van der Waals surface area contributed by atoms with Gasteiger partial charge in [0.25, 0.3) is 0 Å². The van der Waals surface area contributed by atoms with Gasteiger partial charge in [-0.2, -0.15) is 0 Å². The Kier molecular flexibility index (Phi) is 6.49. The fourth-order valence-electron chi connectivity index (χ4n) is 4.30. The minimum atomic E-state index is -2.27. The van der Waals surface area contributed by atoms with Gasteiger partial charge in [-0.05, 0) is 12.8 Å². The van der Waals surface area contributed by atoms with Crippen LogP contribution in [0.4, 0.5) is 0 Å². The summed E-state index contributed by atoms with van der Waals surface area (Å²) in [5, 5.41) is 0. The van der Waals surface area contributed by atoms with E-state index in [0.29, 0.717) is 39.3 Å². The van der Waals surface area contributed by atoms with Crippen molar-refractivity contribution >= 4 is 23.9 Å². The molecule has 0 N–H and O–H groups in total. The van der Waals surface area contributed by atoms with E-state index in [9.17, 15) is 19.2 Å². The van der Waals surface area contributed by atoms with E-state index < -0.39 is 34.7 Å². The molecule has 34 heavy (non-hydrogen) atoms. The summed E-state index contributed by atoms with van der Waals surface area (Å²) in [6.07, 6.45) is -0.619. The van der Waals surface area contributed by atoms with Crippen molar-refractivity contribution in [3.05, 3.63) is 0 Å². The fraction of sp³-hybridized carbons (Fsp3) is 0.818. The lowest BCUT2D eigenvalue weighted by Crippen LogP contribution is -2.64. The average molecular weight is 484 g/mol. The van der Waals surface area contributed by atoms with Crippen molar-refractivity contribution in [1.29, 1.82) is 0 Å². The van der Waals surface area contributed by atoms with Crippen LogP contribution in [0, 0.1) is 10.8 Å². The van der Waals surface area contributed by atoms with Crippen molar-refractivity contribution in [3.63, 3.8) is 0 Å². The molecule has 0 amide bonds. The second-order valence-electron chi connectivity index (χ2n) is 9.23. The van der Waals surface area contributed by atoms with E-state index in [2.05, 4.69) is 0 Å². The maximum atomic E-state index is 13.6. The van der Waals surface area contributed by atoms with Crippen LogP contribution >= 0.6 is 0 Å². The highest BCUT2D eigenvalue weighted by Gasteiger charge is 2.74. The van der Waals surface area contributed by atoms with Gasteiger partial charge in [0.1, 0.15) is 50.8 Å². The molecule has 0 aromatic rings. The fourth-order valence-corrected chi connectivity index (χ4v) is 4.30. The second-order valence-corrected chi connectivity index (χ2v) is 9.23. The molecule has 5 rings (SSSR count). The van der Waals surface area contributed by atoms with Crippen LogP contribution in [0.25, 0.3) is 0 Å². The van der Waals surface area contributed by atoms with Crippen LogP contribution in [0.15, 0.2) is 0 Å². The molecule has 1 aliphatic carbocycles. The van der Waals surface area contributed by atoms with Crippen LogP contribution in [-0.4, -0.2) is 101 Å². The van der Waals surface area contributed by atoms with Crippen molar-refractivity contribution in [3.8, 4) is 0 Å². The summed E-state index contributed by atoms with van der Waals surface area (Å²) in [5.41, 5.74) is -4.53. The van der Waals surface area contributed by atoms with E-state index in [0.717, 1.165) is 0 Å². The number of ether oxygens (including phenoxy) is 8. The second kappa shape index (κ2) is 9.40. The minimum Gasteiger partial charge on any atom is -0.462 e. The molecule has 12 nitrogen and oxygen atoms in total. The minimum absolute atomic E-state index is 0.106. The van der Waals surface area contributed by atoms with E-state index in [4.69, 9.17) is 37.9 Å². The predicted molar refractivity (Wildman–Crippen MR) is 106 cm³/mol. The lowest BCUT2D eigenvalue weighted by atomic mass is 9.55. The Balaban J connectivity index is 1.48. The molecule has 0 aromatic heterocycles. The zero-order valence-electron chi connectivity index (χ0n) is 18.7. The Morgan fingerprint density at radius 1 is 0.529 bits per heavy atom. The molecule has 4 aliphatic heterocycles. The lowest BCUT2D eigenvalue weighted by molar-refractivity contribution is -0.209. The first kappa shape index (κ1) is 23.5. The van der Waals surface area contributed by atoms with Crippen LogP contribution in [-0.2, 0) is 57.1 Å². The Hall–Kier alpha value is -2.28. The van der Waals surface area contributed by atoms with Crippen LogP contribution in [0.5, 0.6) is 0 Å². The van der Waals surface area contributed by atoms with Gasteiger partial charge in [0.15, 0.2) is 10.8 Å². The van der Waals surface area contributed by atoms with Gasteiger partial charge in [0.2, 0.25) is 0 Å². The van der Waals surface area contributed by atoms with Gasteiger partial charge in [0, 0.05) is 0 Å². The number of carbonyl (C=O) groups is 4.